The van der Waals surface area contributed by atoms with Crippen molar-refractivity contribution in [2.75, 3.05) is 19.6 Å². The molecule has 5 nitrogen and oxygen atoms in total. The fourth-order valence-electron chi connectivity index (χ4n) is 5.81. The van der Waals surface area contributed by atoms with Gasteiger partial charge < -0.3 is 4.42 Å². The number of hydrogen-bond donors (Lipinski definition) is 0. The van der Waals surface area contributed by atoms with Gasteiger partial charge in [0.05, 0.1) is 11.6 Å². The van der Waals surface area contributed by atoms with Gasteiger partial charge in [-0.15, -0.1) is 0 Å². The van der Waals surface area contributed by atoms with Crippen molar-refractivity contribution in [3.05, 3.63) is 76.9 Å². The van der Waals surface area contributed by atoms with Crippen LogP contribution in [0.25, 0.3) is 16.5 Å². The number of nitroso groups, excluding NO2 is 1. The summed E-state index contributed by atoms with van der Waals surface area (Å²) in [6, 6.07) is 10.8. The van der Waals surface area contributed by atoms with Crippen molar-refractivity contribution in [3.8, 4) is 0 Å². The Morgan fingerprint density at radius 1 is 1.15 bits per heavy atom. The Kier molecular flexibility index (Phi) is 7.14. The summed E-state index contributed by atoms with van der Waals surface area (Å²) in [5.41, 5.74) is 3.79. The van der Waals surface area contributed by atoms with Crippen LogP contribution in [0.2, 0.25) is 0 Å². The van der Waals surface area contributed by atoms with E-state index in [-0.39, 0.29) is 17.8 Å². The van der Waals surface area contributed by atoms with Crippen LogP contribution in [0.15, 0.2) is 64.5 Å². The average Bonchev–Trinajstić information content (AvgIpc) is 3.39. The molecule has 0 amide bonds. The second kappa shape index (κ2) is 10.6. The monoisotopic (exact) mass is 461 g/mol. The lowest BCUT2D eigenvalue weighted by atomic mass is 9.77. The summed E-state index contributed by atoms with van der Waals surface area (Å²) in [5.74, 6) is 0.162. The molecule has 1 aromatic carbocycles. The number of fused-ring (bicyclic) bond motifs is 1. The summed E-state index contributed by atoms with van der Waals surface area (Å²) in [4.78, 5) is 19.1. The van der Waals surface area contributed by atoms with Crippen LogP contribution in [-0.4, -0.2) is 35.6 Å². The maximum Gasteiger partial charge on any atom is 0.144 e. The minimum Gasteiger partial charge on any atom is -0.464 e. The van der Waals surface area contributed by atoms with Crippen molar-refractivity contribution in [3.63, 3.8) is 0 Å². The average molecular weight is 462 g/mol. The third-order valence-electron chi connectivity index (χ3n) is 7.69. The van der Waals surface area contributed by atoms with Crippen LogP contribution in [0.1, 0.15) is 62.1 Å². The molecule has 2 aromatic heterocycles. The van der Waals surface area contributed by atoms with E-state index in [2.05, 4.69) is 21.1 Å². The number of halogens is 1. The van der Waals surface area contributed by atoms with E-state index < -0.39 is 0 Å². The predicted octanol–water partition coefficient (Wildman–Crippen LogP) is 6.95. The zero-order chi connectivity index (χ0) is 23.3. The first-order valence-electron chi connectivity index (χ1n) is 12.6. The van der Waals surface area contributed by atoms with Gasteiger partial charge >= 0.3 is 0 Å². The molecular formula is C28H32FN3O2. The van der Waals surface area contributed by atoms with Crippen molar-refractivity contribution in [2.45, 2.75) is 56.9 Å². The Bertz CT molecular complexity index is 1140. The molecule has 0 spiro atoms. The van der Waals surface area contributed by atoms with E-state index in [0.29, 0.717) is 16.9 Å². The molecule has 3 aromatic rings. The van der Waals surface area contributed by atoms with E-state index in [4.69, 9.17) is 4.42 Å². The normalized spacial score (nSPS) is 19.6. The van der Waals surface area contributed by atoms with Crippen molar-refractivity contribution >= 4 is 16.5 Å². The smallest absolute Gasteiger partial charge is 0.144 e. The topological polar surface area (TPSA) is 58.7 Å². The molecule has 0 bridgehead atoms. The maximum atomic E-state index is 14.1. The molecule has 1 aliphatic carbocycles. The molecule has 0 saturated heterocycles. The molecule has 0 N–H and O–H groups in total. The standard InChI is InChI=1S/C28H32FN3O2/c29-25-10-9-22(28-23(25)14-19-34-28)20-11-16-32(17-12-20)18-13-24(26-8-4-5-15-30-26)27(31-33)21-6-2-1-3-7-21/h4-5,8-11,14-15,19,21,24,27H,1-3,6-7,12-13,16-18H2. The van der Waals surface area contributed by atoms with Crippen LogP contribution in [-0.2, 0) is 0 Å². The van der Waals surface area contributed by atoms with Crippen LogP contribution < -0.4 is 0 Å². The third-order valence-corrected chi connectivity index (χ3v) is 7.69. The fraction of sp³-hybridized carbons (Fsp3) is 0.464. The van der Waals surface area contributed by atoms with Crippen molar-refractivity contribution in [2.24, 2.45) is 11.1 Å². The highest BCUT2D eigenvalue weighted by molar-refractivity contribution is 5.90. The van der Waals surface area contributed by atoms with Gasteiger partial charge in [0.2, 0.25) is 0 Å². The van der Waals surface area contributed by atoms with Gasteiger partial charge in [-0.25, -0.2) is 4.39 Å². The number of furan rings is 1. The summed E-state index contributed by atoms with van der Waals surface area (Å²) >= 11 is 0. The Morgan fingerprint density at radius 3 is 2.76 bits per heavy atom. The summed E-state index contributed by atoms with van der Waals surface area (Å²) in [5, 5.41) is 4.21. The van der Waals surface area contributed by atoms with Gasteiger partial charge in [0, 0.05) is 36.5 Å². The molecule has 2 unspecified atom stereocenters. The summed E-state index contributed by atoms with van der Waals surface area (Å²) in [6.45, 7) is 2.64. The lowest BCUT2D eigenvalue weighted by Crippen LogP contribution is -2.34. The van der Waals surface area contributed by atoms with Gasteiger partial charge in [-0.05, 0) is 74.1 Å². The van der Waals surface area contributed by atoms with Gasteiger partial charge in [-0.1, -0.05) is 36.6 Å². The summed E-state index contributed by atoms with van der Waals surface area (Å²) in [7, 11) is 0. The number of hydrogen-bond acceptors (Lipinski definition) is 5. The second-order valence-corrected chi connectivity index (χ2v) is 9.68. The van der Waals surface area contributed by atoms with Crippen molar-refractivity contribution in [1.29, 1.82) is 0 Å². The SMILES string of the molecule is O=NC(C1CCCCC1)C(CCN1CC=C(c2ccc(F)c3ccoc23)CC1)c1ccccn1. The predicted molar refractivity (Wildman–Crippen MR) is 133 cm³/mol. The lowest BCUT2D eigenvalue weighted by molar-refractivity contribution is 0.240. The van der Waals surface area contributed by atoms with Gasteiger partial charge in [-0.2, -0.15) is 4.91 Å². The number of rotatable bonds is 8. The molecule has 1 saturated carbocycles. The van der Waals surface area contributed by atoms with Crippen molar-refractivity contribution in [1.82, 2.24) is 9.88 Å². The van der Waals surface area contributed by atoms with E-state index in [1.165, 1.54) is 30.9 Å². The van der Waals surface area contributed by atoms with Crippen LogP contribution in [0.4, 0.5) is 4.39 Å². The molecule has 34 heavy (non-hydrogen) atoms. The first-order chi connectivity index (χ1) is 16.7. The van der Waals surface area contributed by atoms with Crippen LogP contribution in [0.3, 0.4) is 0 Å². The fourth-order valence-corrected chi connectivity index (χ4v) is 5.81. The molecule has 5 rings (SSSR count). The van der Waals surface area contributed by atoms with Gasteiger partial charge in [0.1, 0.15) is 17.4 Å². The van der Waals surface area contributed by atoms with Crippen LogP contribution >= 0.6 is 0 Å². The largest absolute Gasteiger partial charge is 0.464 e. The number of benzene rings is 1. The van der Waals surface area contributed by atoms with E-state index in [1.54, 1.807) is 12.3 Å². The zero-order valence-corrected chi connectivity index (χ0v) is 19.5. The molecule has 2 atom stereocenters. The first kappa shape index (κ1) is 22.9. The van der Waals surface area contributed by atoms with E-state index >= 15 is 0 Å². The van der Waals surface area contributed by atoms with E-state index in [9.17, 15) is 9.30 Å². The third kappa shape index (κ3) is 4.83. The molecular weight excluding hydrogens is 429 g/mol. The Morgan fingerprint density at radius 2 is 2.03 bits per heavy atom. The van der Waals surface area contributed by atoms with Crippen LogP contribution in [0, 0.1) is 16.6 Å². The lowest BCUT2D eigenvalue weighted by Gasteiger charge is -2.33. The minimum absolute atomic E-state index is 0.0482. The number of nitrogens with zero attached hydrogens (tertiary/aromatic N) is 3. The minimum atomic E-state index is -0.248. The van der Waals surface area contributed by atoms with Gasteiger partial charge in [0.15, 0.2) is 0 Å². The Labute approximate surface area is 200 Å². The van der Waals surface area contributed by atoms with E-state index in [1.807, 2.05) is 30.5 Å². The molecule has 1 aliphatic heterocycles. The highest BCUT2D eigenvalue weighted by Crippen LogP contribution is 2.37. The zero-order valence-electron chi connectivity index (χ0n) is 19.5. The van der Waals surface area contributed by atoms with Gasteiger partial charge in [-0.3, -0.25) is 9.88 Å². The molecule has 6 heteroatoms. The molecule has 178 valence electrons. The number of pyridine rings is 1. The molecule has 1 fully saturated rings. The molecule has 2 aliphatic rings. The maximum absolute atomic E-state index is 14.1. The van der Waals surface area contributed by atoms with Crippen LogP contribution in [0.5, 0.6) is 0 Å². The Balaban J connectivity index is 1.28. The van der Waals surface area contributed by atoms with Gasteiger partial charge in [0.25, 0.3) is 0 Å². The van der Waals surface area contributed by atoms with E-state index in [0.717, 1.165) is 56.6 Å². The number of aromatic nitrogens is 1. The Hall–Kier alpha value is -2.86. The summed E-state index contributed by atoms with van der Waals surface area (Å²) < 4.78 is 19.6. The highest BCUT2D eigenvalue weighted by atomic mass is 19.1. The van der Waals surface area contributed by atoms with Crippen molar-refractivity contribution < 1.29 is 8.81 Å². The second-order valence-electron chi connectivity index (χ2n) is 9.68. The summed E-state index contributed by atoms with van der Waals surface area (Å²) in [6.07, 6.45) is 13.2. The first-order valence-corrected chi connectivity index (χ1v) is 12.6. The molecule has 0 radical (unpaired) electrons. The molecule has 3 heterocycles. The highest BCUT2D eigenvalue weighted by Gasteiger charge is 2.33. The quantitative estimate of drug-likeness (QED) is 0.341.